The van der Waals surface area contributed by atoms with Gasteiger partial charge in [-0.25, -0.2) is 12.8 Å². The summed E-state index contributed by atoms with van der Waals surface area (Å²) in [4.78, 5) is 15.1. The van der Waals surface area contributed by atoms with Crippen molar-refractivity contribution in [2.24, 2.45) is 5.10 Å². The van der Waals surface area contributed by atoms with Crippen LogP contribution < -0.4 is 15.6 Å². The molecule has 9 nitrogen and oxygen atoms in total. The van der Waals surface area contributed by atoms with Crippen LogP contribution in [0, 0.1) is 5.82 Å². The zero-order valence-corrected chi connectivity index (χ0v) is 22.8. The van der Waals surface area contributed by atoms with Crippen molar-refractivity contribution in [2.75, 3.05) is 36.5 Å². The highest BCUT2D eigenvalue weighted by atomic mass is 35.5. The number of hydrogen-bond acceptors (Lipinski definition) is 6. The number of morpholine rings is 1. The molecule has 2 aliphatic rings. The number of sulfonamides is 1. The van der Waals surface area contributed by atoms with Gasteiger partial charge in [0.25, 0.3) is 5.91 Å². The fourth-order valence-electron chi connectivity index (χ4n) is 4.25. The van der Waals surface area contributed by atoms with Crippen LogP contribution in [-0.2, 0) is 26.1 Å². The van der Waals surface area contributed by atoms with Gasteiger partial charge in [-0.15, -0.1) is 0 Å². The third kappa shape index (κ3) is 5.80. The van der Waals surface area contributed by atoms with Crippen LogP contribution >= 0.6 is 23.8 Å². The molecule has 3 aromatic carbocycles. The molecular formula is C26H23ClFN5O4S2. The Kier molecular flexibility index (Phi) is 7.91. The summed E-state index contributed by atoms with van der Waals surface area (Å²) >= 11 is 11.2. The molecule has 0 bridgehead atoms. The van der Waals surface area contributed by atoms with Gasteiger partial charge in [0.15, 0.2) is 10.8 Å². The van der Waals surface area contributed by atoms with Gasteiger partial charge >= 0.3 is 0 Å². The number of benzene rings is 3. The standard InChI is InChI=1S/C26H23ClFN5O4S2/c27-18-7-5-17(6-8-18)16-33-23-10-9-19(39(35,36)32-11-13-37-14-12-32)15-20(23)24(25(33)34)30-31-26(38)29-22-4-2-1-3-21(22)28/h1-10,15H,11-14,16H2,(H2,29,31,38)/b30-24-. The number of carbonyl (C=O) groups is 1. The molecule has 202 valence electrons. The van der Waals surface area contributed by atoms with E-state index in [9.17, 15) is 17.6 Å². The Hall–Kier alpha value is -3.42. The van der Waals surface area contributed by atoms with Crippen LogP contribution in [0.5, 0.6) is 0 Å². The Bertz CT molecular complexity index is 1560. The molecule has 2 aliphatic heterocycles. The molecule has 1 saturated heterocycles. The average molecular weight is 588 g/mol. The van der Waals surface area contributed by atoms with Crippen molar-refractivity contribution in [3.63, 3.8) is 0 Å². The molecule has 0 atom stereocenters. The first-order chi connectivity index (χ1) is 18.7. The lowest BCUT2D eigenvalue weighted by Crippen LogP contribution is -2.40. The number of thiocarbonyl (C=S) groups is 1. The van der Waals surface area contributed by atoms with Gasteiger partial charge in [-0.2, -0.15) is 9.41 Å². The summed E-state index contributed by atoms with van der Waals surface area (Å²) in [5.41, 5.74) is 4.32. The Morgan fingerprint density at radius 1 is 1.08 bits per heavy atom. The highest BCUT2D eigenvalue weighted by Crippen LogP contribution is 2.34. The lowest BCUT2D eigenvalue weighted by atomic mass is 10.1. The Labute approximate surface area is 235 Å². The molecule has 0 aromatic heterocycles. The summed E-state index contributed by atoms with van der Waals surface area (Å²) in [7, 11) is -3.83. The Balaban J connectivity index is 1.48. The van der Waals surface area contributed by atoms with E-state index in [1.807, 2.05) is 0 Å². The third-order valence-electron chi connectivity index (χ3n) is 6.21. The van der Waals surface area contributed by atoms with Crippen LogP contribution in [0.1, 0.15) is 11.1 Å². The van der Waals surface area contributed by atoms with Crippen molar-refractivity contribution in [1.82, 2.24) is 9.73 Å². The van der Waals surface area contributed by atoms with Crippen LogP contribution in [0.4, 0.5) is 15.8 Å². The van der Waals surface area contributed by atoms with Gasteiger partial charge in [0.1, 0.15) is 5.82 Å². The summed E-state index contributed by atoms with van der Waals surface area (Å²) < 4.78 is 47.3. The van der Waals surface area contributed by atoms with E-state index in [1.54, 1.807) is 42.5 Å². The number of nitrogens with zero attached hydrogens (tertiary/aromatic N) is 3. The number of anilines is 2. The second-order valence-electron chi connectivity index (χ2n) is 8.72. The van der Waals surface area contributed by atoms with Crippen molar-refractivity contribution in [2.45, 2.75) is 11.4 Å². The number of rotatable bonds is 6. The first-order valence-corrected chi connectivity index (χ1v) is 14.1. The molecule has 2 N–H and O–H groups in total. The van der Waals surface area contributed by atoms with Gasteiger partial charge in [0, 0.05) is 23.7 Å². The molecule has 13 heteroatoms. The number of carbonyl (C=O) groups excluding carboxylic acids is 1. The number of fused-ring (bicyclic) bond motifs is 1. The van der Waals surface area contributed by atoms with Crippen molar-refractivity contribution in [3.8, 4) is 0 Å². The van der Waals surface area contributed by atoms with Gasteiger partial charge in [-0.1, -0.05) is 35.9 Å². The fraction of sp³-hybridized carbons (Fsp3) is 0.192. The van der Waals surface area contributed by atoms with Crippen molar-refractivity contribution in [1.29, 1.82) is 0 Å². The molecule has 2 heterocycles. The maximum Gasteiger partial charge on any atom is 0.279 e. The summed E-state index contributed by atoms with van der Waals surface area (Å²) in [5.74, 6) is -0.967. The summed E-state index contributed by atoms with van der Waals surface area (Å²) in [6.07, 6.45) is 0. The smallest absolute Gasteiger partial charge is 0.279 e. The number of hydrazone groups is 1. The van der Waals surface area contributed by atoms with Gasteiger partial charge in [0.2, 0.25) is 10.0 Å². The number of hydrogen-bond donors (Lipinski definition) is 2. The van der Waals surface area contributed by atoms with Crippen LogP contribution in [0.2, 0.25) is 5.02 Å². The first-order valence-electron chi connectivity index (χ1n) is 11.9. The van der Waals surface area contributed by atoms with E-state index in [4.69, 9.17) is 28.6 Å². The topological polar surface area (TPSA) is 103 Å². The number of amides is 1. The highest BCUT2D eigenvalue weighted by Gasteiger charge is 2.36. The first kappa shape index (κ1) is 27.2. The number of para-hydroxylation sites is 1. The van der Waals surface area contributed by atoms with Crippen LogP contribution in [0.3, 0.4) is 0 Å². The molecule has 5 rings (SSSR count). The predicted molar refractivity (Wildman–Crippen MR) is 151 cm³/mol. The largest absolute Gasteiger partial charge is 0.379 e. The lowest BCUT2D eigenvalue weighted by Gasteiger charge is -2.26. The van der Waals surface area contributed by atoms with E-state index in [1.165, 1.54) is 33.5 Å². The van der Waals surface area contributed by atoms with Crippen molar-refractivity contribution >= 4 is 61.9 Å². The van der Waals surface area contributed by atoms with Gasteiger partial charge < -0.3 is 15.0 Å². The molecular weight excluding hydrogens is 565 g/mol. The predicted octanol–water partition coefficient (Wildman–Crippen LogP) is 3.74. The normalized spacial score (nSPS) is 16.8. The molecule has 3 aromatic rings. The SMILES string of the molecule is O=C1/C(=N\NC(=S)Nc2ccccc2F)c2cc(S(=O)(=O)N3CCOCC3)ccc2N1Cc1ccc(Cl)cc1. The maximum absolute atomic E-state index is 14.0. The minimum atomic E-state index is -3.83. The van der Waals surface area contributed by atoms with Crippen LogP contribution in [0.25, 0.3) is 0 Å². The van der Waals surface area contributed by atoms with E-state index < -0.39 is 21.7 Å². The average Bonchev–Trinajstić information content (AvgIpc) is 3.20. The van der Waals surface area contributed by atoms with E-state index in [2.05, 4.69) is 15.8 Å². The number of ether oxygens (including phenoxy) is 1. The Morgan fingerprint density at radius 2 is 1.79 bits per heavy atom. The van der Waals surface area contributed by atoms with Crippen molar-refractivity contribution in [3.05, 3.63) is 88.7 Å². The monoisotopic (exact) mass is 587 g/mol. The van der Waals surface area contributed by atoms with Crippen LogP contribution in [0.15, 0.2) is 76.7 Å². The van der Waals surface area contributed by atoms with E-state index in [0.717, 1.165) is 5.56 Å². The zero-order valence-electron chi connectivity index (χ0n) is 20.4. The summed E-state index contributed by atoms with van der Waals surface area (Å²) in [6, 6.07) is 17.5. The van der Waals surface area contributed by atoms with E-state index in [-0.39, 0.29) is 41.0 Å². The van der Waals surface area contributed by atoms with Crippen LogP contribution in [-0.4, -0.2) is 55.8 Å². The van der Waals surface area contributed by atoms with E-state index in [0.29, 0.717) is 29.5 Å². The zero-order chi connectivity index (χ0) is 27.6. The lowest BCUT2D eigenvalue weighted by molar-refractivity contribution is -0.112. The maximum atomic E-state index is 14.0. The van der Waals surface area contributed by atoms with Gasteiger partial charge in [0.05, 0.1) is 36.0 Å². The molecule has 0 spiro atoms. The van der Waals surface area contributed by atoms with Gasteiger partial charge in [-0.3, -0.25) is 10.2 Å². The van der Waals surface area contributed by atoms with E-state index >= 15 is 0 Å². The minimum absolute atomic E-state index is 0.0315. The molecule has 39 heavy (non-hydrogen) atoms. The fourth-order valence-corrected chi connectivity index (χ4v) is 5.96. The molecule has 0 radical (unpaired) electrons. The molecule has 0 saturated carbocycles. The highest BCUT2D eigenvalue weighted by molar-refractivity contribution is 7.89. The molecule has 1 amide bonds. The number of nitrogens with one attached hydrogen (secondary N) is 2. The quantitative estimate of drug-likeness (QED) is 0.335. The van der Waals surface area contributed by atoms with Crippen molar-refractivity contribution < 1.29 is 22.3 Å². The molecule has 1 fully saturated rings. The second-order valence-corrected chi connectivity index (χ2v) is 11.5. The summed E-state index contributed by atoms with van der Waals surface area (Å²) in [5, 5.41) is 7.42. The third-order valence-corrected chi connectivity index (χ3v) is 8.55. The van der Waals surface area contributed by atoms with Gasteiger partial charge in [-0.05, 0) is 60.2 Å². The number of halogens is 2. The minimum Gasteiger partial charge on any atom is -0.379 e. The molecule has 0 aliphatic carbocycles. The summed E-state index contributed by atoms with van der Waals surface area (Å²) in [6.45, 7) is 1.29. The second kappa shape index (κ2) is 11.4. The molecule has 0 unspecified atom stereocenters. The Morgan fingerprint density at radius 3 is 2.51 bits per heavy atom.